The molecule has 4 N–H and O–H groups in total. The molecule has 0 unspecified atom stereocenters. The predicted octanol–water partition coefficient (Wildman–Crippen LogP) is -4.06. The van der Waals surface area contributed by atoms with Gasteiger partial charge in [-0.15, -0.1) is 0 Å². The third kappa shape index (κ3) is 114. The van der Waals surface area contributed by atoms with E-state index in [4.69, 9.17) is 15.0 Å². The Labute approximate surface area is 80.5 Å². The number of carboxylic acid groups (broad SMARTS) is 2. The molecule has 0 saturated carbocycles. The molecule has 0 aromatic rings. The van der Waals surface area contributed by atoms with Crippen LogP contribution >= 0.6 is 0 Å². The van der Waals surface area contributed by atoms with E-state index in [9.17, 15) is 4.79 Å². The van der Waals surface area contributed by atoms with E-state index in [2.05, 4.69) is 12.7 Å². The first-order chi connectivity index (χ1) is 4.00. The number of carboxylic acids is 2. The second-order valence-corrected chi connectivity index (χ2v) is 0.992. The van der Waals surface area contributed by atoms with Gasteiger partial charge < -0.3 is 15.9 Å². The van der Waals surface area contributed by atoms with Gasteiger partial charge in [0.1, 0.15) is 0 Å². The topological polar surface area (TPSA) is 101 Å². The summed E-state index contributed by atoms with van der Waals surface area (Å²) in [6.45, 7) is 2.28. The molecule has 54 valence electrons. The van der Waals surface area contributed by atoms with E-state index < -0.39 is 11.9 Å². The Morgan fingerprint density at radius 1 is 1.40 bits per heavy atom. The fraction of sp³-hybridized carbons (Fsp3) is 0.250. The summed E-state index contributed by atoms with van der Waals surface area (Å²) < 4.78 is 0. The van der Waals surface area contributed by atoms with E-state index in [1.54, 1.807) is 0 Å². The van der Waals surface area contributed by atoms with Crippen LogP contribution in [-0.2, 0) is 9.59 Å². The first-order valence-corrected chi connectivity index (χ1v) is 1.97. The largest absolute Gasteiger partial charge is 1.00 e. The second kappa shape index (κ2) is 11.6. The molecule has 0 fully saturated rings. The fourth-order valence-corrected chi connectivity index (χ4v) is 0. The van der Waals surface area contributed by atoms with Crippen LogP contribution in [0.2, 0.25) is 0 Å². The summed E-state index contributed by atoms with van der Waals surface area (Å²) in [5.74, 6) is -2.05. The average Bonchev–Trinajstić information content (AvgIpc) is 1.65. The van der Waals surface area contributed by atoms with Crippen LogP contribution in [0.1, 0.15) is 0 Å². The second-order valence-electron chi connectivity index (χ2n) is 0.992. The van der Waals surface area contributed by atoms with Gasteiger partial charge in [-0.1, -0.05) is 0 Å². The van der Waals surface area contributed by atoms with Crippen LogP contribution in [0.3, 0.4) is 0 Å². The molecule has 6 heteroatoms. The summed E-state index contributed by atoms with van der Waals surface area (Å²) in [6, 6.07) is 0. The Morgan fingerprint density at radius 2 is 1.50 bits per heavy atom. The molecule has 0 aliphatic carbocycles. The maximum atomic E-state index is 9.24. The standard InChI is InChI=1S/C2H5NO2.C2H3O2.Na/c3-1-2(4)5;1-2(3)4;/h1,3H2,(H,4,5);1H2,(H,3,4);/q;-1;+1. The van der Waals surface area contributed by atoms with Crippen LogP contribution in [0.15, 0.2) is 0 Å². The summed E-state index contributed by atoms with van der Waals surface area (Å²) in [6.07, 6.45) is 0. The molecule has 0 aliphatic heterocycles. The molecule has 0 radical (unpaired) electrons. The molecular weight excluding hydrogens is 149 g/mol. The van der Waals surface area contributed by atoms with Crippen LogP contribution in [0.25, 0.3) is 0 Å². The van der Waals surface area contributed by atoms with Crippen molar-refractivity contribution in [1.82, 2.24) is 0 Å². The van der Waals surface area contributed by atoms with Crippen LogP contribution in [0.5, 0.6) is 0 Å². The monoisotopic (exact) mass is 157 g/mol. The van der Waals surface area contributed by atoms with Crippen molar-refractivity contribution >= 4 is 11.9 Å². The van der Waals surface area contributed by atoms with Gasteiger partial charge in [0.2, 0.25) is 0 Å². The van der Waals surface area contributed by atoms with Gasteiger partial charge in [0.05, 0.1) is 6.54 Å². The zero-order valence-electron chi connectivity index (χ0n) is 5.70. The van der Waals surface area contributed by atoms with Crippen molar-refractivity contribution in [3.63, 3.8) is 0 Å². The van der Waals surface area contributed by atoms with Crippen molar-refractivity contribution in [2.75, 3.05) is 6.54 Å². The molecule has 0 atom stereocenters. The summed E-state index contributed by atoms with van der Waals surface area (Å²) in [5.41, 5.74) is 4.57. The number of rotatable bonds is 1. The number of aliphatic carboxylic acids is 2. The van der Waals surface area contributed by atoms with Crippen LogP contribution in [-0.4, -0.2) is 28.7 Å². The van der Waals surface area contributed by atoms with Crippen molar-refractivity contribution in [3.8, 4) is 0 Å². The van der Waals surface area contributed by atoms with Crippen molar-refractivity contribution in [1.29, 1.82) is 0 Å². The molecule has 0 spiro atoms. The first-order valence-electron chi connectivity index (χ1n) is 1.97. The van der Waals surface area contributed by atoms with Gasteiger partial charge in [0.25, 0.3) is 0 Å². The molecular formula is C4H8NNaO4. The number of hydrogen-bond donors (Lipinski definition) is 3. The minimum absolute atomic E-state index is 0. The van der Waals surface area contributed by atoms with Gasteiger partial charge >= 0.3 is 35.5 Å². The Bertz CT molecular complexity index is 101. The SMILES string of the molecule is NCC(=O)O.[CH2-]C(=O)O.[Na+]. The van der Waals surface area contributed by atoms with Crippen LogP contribution in [0.4, 0.5) is 0 Å². The Kier molecular flexibility index (Phi) is 18.9. The molecule has 0 aromatic carbocycles. The van der Waals surface area contributed by atoms with Crippen molar-refractivity contribution in [2.24, 2.45) is 5.73 Å². The normalized spacial score (nSPS) is 6.10. The van der Waals surface area contributed by atoms with Gasteiger partial charge in [-0.3, -0.25) is 16.5 Å². The Balaban J connectivity index is -0.0000000910. The van der Waals surface area contributed by atoms with Crippen molar-refractivity contribution in [3.05, 3.63) is 6.92 Å². The third-order valence-corrected chi connectivity index (χ3v) is 0.175. The van der Waals surface area contributed by atoms with E-state index in [0.717, 1.165) is 0 Å². The van der Waals surface area contributed by atoms with E-state index in [-0.39, 0.29) is 36.1 Å². The van der Waals surface area contributed by atoms with Crippen molar-refractivity contribution < 1.29 is 49.4 Å². The fourth-order valence-electron chi connectivity index (χ4n) is 0. The van der Waals surface area contributed by atoms with Gasteiger partial charge in [0, 0.05) is 0 Å². The van der Waals surface area contributed by atoms with E-state index in [0.29, 0.717) is 0 Å². The molecule has 0 saturated heterocycles. The number of hydrogen-bond acceptors (Lipinski definition) is 3. The minimum atomic E-state index is -1.08. The summed E-state index contributed by atoms with van der Waals surface area (Å²) >= 11 is 0. The van der Waals surface area contributed by atoms with Crippen molar-refractivity contribution in [2.45, 2.75) is 0 Å². The molecule has 0 aliphatic rings. The Morgan fingerprint density at radius 3 is 1.50 bits per heavy atom. The number of nitrogens with two attached hydrogens (primary N) is 1. The zero-order valence-corrected chi connectivity index (χ0v) is 7.70. The number of carbonyl (C=O) groups is 2. The first kappa shape index (κ1) is 16.4. The minimum Gasteiger partial charge on any atom is -0.503 e. The average molecular weight is 157 g/mol. The molecule has 5 nitrogen and oxygen atoms in total. The van der Waals surface area contributed by atoms with Crippen LogP contribution in [0, 0.1) is 6.92 Å². The van der Waals surface area contributed by atoms with Crippen LogP contribution < -0.4 is 35.3 Å². The molecule has 0 amide bonds. The summed E-state index contributed by atoms with van der Waals surface area (Å²) in [7, 11) is 0. The van der Waals surface area contributed by atoms with Gasteiger partial charge in [-0.2, -0.15) is 0 Å². The van der Waals surface area contributed by atoms with E-state index >= 15 is 0 Å². The smallest absolute Gasteiger partial charge is 0.503 e. The maximum absolute atomic E-state index is 9.24. The Hall–Kier alpha value is -0.230. The molecule has 0 aromatic heterocycles. The summed E-state index contributed by atoms with van der Waals surface area (Å²) in [4.78, 5) is 18.1. The summed E-state index contributed by atoms with van der Waals surface area (Å²) in [5, 5.41) is 14.9. The van der Waals surface area contributed by atoms with Gasteiger partial charge in [-0.25, -0.2) is 0 Å². The molecule has 0 rings (SSSR count). The molecule has 0 heterocycles. The third-order valence-electron chi connectivity index (χ3n) is 0.175. The quantitative estimate of drug-likeness (QED) is 0.265. The van der Waals surface area contributed by atoms with Gasteiger partial charge in [0.15, 0.2) is 5.97 Å². The molecule has 10 heavy (non-hydrogen) atoms. The predicted molar refractivity (Wildman–Crippen MR) is 29.7 cm³/mol. The zero-order chi connectivity index (χ0) is 7.86. The van der Waals surface area contributed by atoms with E-state index in [1.807, 2.05) is 0 Å². The van der Waals surface area contributed by atoms with Gasteiger partial charge in [-0.05, 0) is 0 Å². The maximum Gasteiger partial charge on any atom is 1.00 e. The molecule has 0 bridgehead atoms. The van der Waals surface area contributed by atoms with E-state index in [1.165, 1.54) is 0 Å².